The SMILES string of the molecule is Brc1ccc(-c2nnc3c4cc(-c5ccccc5)ccc4c4ccccc4n23)cc1.CC. The first-order valence-electron chi connectivity index (χ1n) is 10.8. The van der Waals surface area contributed by atoms with Crippen molar-refractivity contribution in [1.29, 1.82) is 0 Å². The first-order valence-corrected chi connectivity index (χ1v) is 11.6. The van der Waals surface area contributed by atoms with Crippen molar-refractivity contribution >= 4 is 43.3 Å². The smallest absolute Gasteiger partial charge is 0.169 e. The zero-order valence-electron chi connectivity index (χ0n) is 18.0. The Kier molecular flexibility index (Phi) is 5.46. The summed E-state index contributed by atoms with van der Waals surface area (Å²) in [5.41, 5.74) is 5.39. The van der Waals surface area contributed by atoms with E-state index in [1.807, 2.05) is 32.0 Å². The number of halogens is 1. The van der Waals surface area contributed by atoms with Crippen LogP contribution < -0.4 is 0 Å². The van der Waals surface area contributed by atoms with Crippen molar-refractivity contribution in [2.75, 3.05) is 0 Å². The number of para-hydroxylation sites is 1. The van der Waals surface area contributed by atoms with Crippen LogP contribution in [0.2, 0.25) is 0 Å². The van der Waals surface area contributed by atoms with E-state index < -0.39 is 0 Å². The second kappa shape index (κ2) is 8.56. The summed E-state index contributed by atoms with van der Waals surface area (Å²) in [4.78, 5) is 0. The van der Waals surface area contributed by atoms with Crippen LogP contribution in [0.1, 0.15) is 13.8 Å². The predicted molar refractivity (Wildman–Crippen MR) is 138 cm³/mol. The fourth-order valence-electron chi connectivity index (χ4n) is 4.14. The van der Waals surface area contributed by atoms with Crippen molar-refractivity contribution in [3.05, 3.63) is 102 Å². The van der Waals surface area contributed by atoms with Gasteiger partial charge in [0.05, 0.1) is 5.52 Å². The lowest BCUT2D eigenvalue weighted by molar-refractivity contribution is 1.12. The maximum absolute atomic E-state index is 4.63. The number of rotatable bonds is 2. The Hall–Kier alpha value is -3.50. The predicted octanol–water partition coefficient (Wildman–Crippen LogP) is 8.16. The number of aromatic nitrogens is 3. The van der Waals surface area contributed by atoms with E-state index in [1.165, 1.54) is 21.9 Å². The molecule has 4 aromatic carbocycles. The molecule has 32 heavy (non-hydrogen) atoms. The van der Waals surface area contributed by atoms with E-state index in [4.69, 9.17) is 0 Å². The van der Waals surface area contributed by atoms with Gasteiger partial charge in [0.15, 0.2) is 11.5 Å². The maximum Gasteiger partial charge on any atom is 0.169 e. The first kappa shape index (κ1) is 20.4. The molecule has 6 aromatic rings. The highest BCUT2D eigenvalue weighted by Crippen LogP contribution is 2.34. The van der Waals surface area contributed by atoms with Gasteiger partial charge in [-0.2, -0.15) is 0 Å². The Bertz CT molecular complexity index is 1530. The van der Waals surface area contributed by atoms with Gasteiger partial charge < -0.3 is 0 Å². The van der Waals surface area contributed by atoms with Crippen molar-refractivity contribution in [3.8, 4) is 22.5 Å². The minimum absolute atomic E-state index is 0.848. The molecule has 0 aliphatic rings. The molecular weight excluding hydrogens is 458 g/mol. The number of hydrogen-bond acceptors (Lipinski definition) is 2. The minimum Gasteiger partial charge on any atom is -0.274 e. The Balaban J connectivity index is 0.00000105. The Morgan fingerprint density at radius 1 is 0.594 bits per heavy atom. The third kappa shape index (κ3) is 3.37. The van der Waals surface area contributed by atoms with Gasteiger partial charge in [0.25, 0.3) is 0 Å². The summed E-state index contributed by atoms with van der Waals surface area (Å²) in [6.07, 6.45) is 0. The van der Waals surface area contributed by atoms with Gasteiger partial charge in [-0.15, -0.1) is 10.2 Å². The number of benzene rings is 4. The van der Waals surface area contributed by atoms with Crippen molar-refractivity contribution < 1.29 is 0 Å². The van der Waals surface area contributed by atoms with Gasteiger partial charge in [-0.3, -0.25) is 4.40 Å². The molecule has 0 aliphatic carbocycles. The zero-order valence-corrected chi connectivity index (χ0v) is 19.5. The average molecular weight is 480 g/mol. The van der Waals surface area contributed by atoms with E-state index in [9.17, 15) is 0 Å². The van der Waals surface area contributed by atoms with E-state index in [2.05, 4.69) is 109 Å². The van der Waals surface area contributed by atoms with E-state index >= 15 is 0 Å². The number of hydrogen-bond donors (Lipinski definition) is 0. The van der Waals surface area contributed by atoms with Gasteiger partial charge in [-0.25, -0.2) is 0 Å². The molecular formula is C28H22BrN3. The monoisotopic (exact) mass is 479 g/mol. The molecule has 0 saturated heterocycles. The Labute approximate surface area is 195 Å². The number of nitrogens with zero attached hydrogens (tertiary/aromatic N) is 3. The highest BCUT2D eigenvalue weighted by molar-refractivity contribution is 9.10. The van der Waals surface area contributed by atoms with E-state index in [0.29, 0.717) is 0 Å². The summed E-state index contributed by atoms with van der Waals surface area (Å²) in [5, 5.41) is 12.7. The molecule has 0 atom stereocenters. The fourth-order valence-corrected chi connectivity index (χ4v) is 4.41. The van der Waals surface area contributed by atoms with Crippen LogP contribution in [0.25, 0.3) is 49.8 Å². The summed E-state index contributed by atoms with van der Waals surface area (Å²) in [6, 6.07) is 33.7. The average Bonchev–Trinajstić information content (AvgIpc) is 3.32. The summed E-state index contributed by atoms with van der Waals surface area (Å²) < 4.78 is 3.22. The van der Waals surface area contributed by atoms with Crippen molar-refractivity contribution in [2.45, 2.75) is 13.8 Å². The van der Waals surface area contributed by atoms with Crippen molar-refractivity contribution in [1.82, 2.24) is 14.6 Å². The zero-order chi connectivity index (χ0) is 22.1. The van der Waals surface area contributed by atoms with E-state index in [1.54, 1.807) is 0 Å². The number of pyridine rings is 1. The molecule has 0 saturated carbocycles. The second-order valence-electron chi connectivity index (χ2n) is 7.33. The van der Waals surface area contributed by atoms with Gasteiger partial charge in [-0.1, -0.05) is 103 Å². The molecule has 0 bridgehead atoms. The summed E-state index contributed by atoms with van der Waals surface area (Å²) >= 11 is 3.52. The number of fused-ring (bicyclic) bond motifs is 6. The summed E-state index contributed by atoms with van der Waals surface area (Å²) in [7, 11) is 0. The standard InChI is InChI=1S/C26H16BrN3.C2H6/c27-20-13-10-18(11-14-20)25-28-29-26-23-16-19(17-6-2-1-3-7-17)12-15-21(23)22-8-4-5-9-24(22)30(25)26;1-2/h1-16H;1-2H3. The highest BCUT2D eigenvalue weighted by atomic mass is 79.9. The molecule has 3 nitrogen and oxygen atoms in total. The molecule has 2 heterocycles. The summed E-state index contributed by atoms with van der Waals surface area (Å²) in [6.45, 7) is 4.00. The van der Waals surface area contributed by atoms with Crippen LogP contribution in [-0.4, -0.2) is 14.6 Å². The summed E-state index contributed by atoms with van der Waals surface area (Å²) in [5.74, 6) is 0.848. The second-order valence-corrected chi connectivity index (χ2v) is 8.25. The van der Waals surface area contributed by atoms with Crippen LogP contribution in [0.4, 0.5) is 0 Å². The molecule has 0 amide bonds. The fraction of sp³-hybridized carbons (Fsp3) is 0.0714. The molecule has 2 aromatic heterocycles. The lowest BCUT2D eigenvalue weighted by atomic mass is 9.99. The van der Waals surface area contributed by atoms with Gasteiger partial charge in [0.1, 0.15) is 0 Å². The van der Waals surface area contributed by atoms with Crippen LogP contribution >= 0.6 is 15.9 Å². The molecule has 0 spiro atoms. The highest BCUT2D eigenvalue weighted by Gasteiger charge is 2.16. The normalized spacial score (nSPS) is 11.0. The molecule has 0 fully saturated rings. The van der Waals surface area contributed by atoms with Crippen LogP contribution in [-0.2, 0) is 0 Å². The first-order chi connectivity index (χ1) is 15.8. The third-order valence-electron chi connectivity index (χ3n) is 5.57. The molecule has 0 aliphatic heterocycles. The van der Waals surface area contributed by atoms with Crippen molar-refractivity contribution in [3.63, 3.8) is 0 Å². The largest absolute Gasteiger partial charge is 0.274 e. The lowest BCUT2D eigenvalue weighted by Gasteiger charge is -2.11. The molecule has 156 valence electrons. The van der Waals surface area contributed by atoms with Crippen LogP contribution in [0, 0.1) is 0 Å². The Morgan fingerprint density at radius 3 is 2.06 bits per heavy atom. The molecule has 4 heteroatoms. The van der Waals surface area contributed by atoms with Crippen LogP contribution in [0.5, 0.6) is 0 Å². The molecule has 0 N–H and O–H groups in total. The van der Waals surface area contributed by atoms with E-state index in [-0.39, 0.29) is 0 Å². The molecule has 6 rings (SSSR count). The van der Waals surface area contributed by atoms with E-state index in [0.717, 1.165) is 32.4 Å². The quantitative estimate of drug-likeness (QED) is 0.234. The van der Waals surface area contributed by atoms with Gasteiger partial charge >= 0.3 is 0 Å². The van der Waals surface area contributed by atoms with Crippen molar-refractivity contribution in [2.24, 2.45) is 0 Å². The van der Waals surface area contributed by atoms with Crippen LogP contribution in [0.15, 0.2) is 102 Å². The maximum atomic E-state index is 4.63. The minimum atomic E-state index is 0.848. The van der Waals surface area contributed by atoms with Gasteiger partial charge in [0.2, 0.25) is 0 Å². The molecule has 0 radical (unpaired) electrons. The van der Waals surface area contributed by atoms with Gasteiger partial charge in [0, 0.05) is 20.8 Å². The van der Waals surface area contributed by atoms with Gasteiger partial charge in [-0.05, 0) is 40.8 Å². The third-order valence-corrected chi connectivity index (χ3v) is 6.10. The Morgan fingerprint density at radius 2 is 1.28 bits per heavy atom. The lowest BCUT2D eigenvalue weighted by Crippen LogP contribution is -1.94. The van der Waals surface area contributed by atoms with Crippen LogP contribution in [0.3, 0.4) is 0 Å². The molecule has 0 unspecified atom stereocenters. The topological polar surface area (TPSA) is 30.2 Å².